The largest absolute Gasteiger partial charge is 0.409 e. The molecule has 0 aromatic rings. The van der Waals surface area contributed by atoms with Crippen molar-refractivity contribution in [1.29, 1.82) is 0 Å². The number of hydrogen-bond donors (Lipinski definition) is 9. The van der Waals surface area contributed by atoms with E-state index in [2.05, 4.69) is 20.4 Å². The van der Waals surface area contributed by atoms with Crippen molar-refractivity contribution < 1.29 is 20.8 Å². The average molecular weight is 406 g/mol. The second-order valence-corrected chi connectivity index (χ2v) is 6.23. The highest BCUT2D eigenvalue weighted by Crippen LogP contribution is 2.01. The van der Waals surface area contributed by atoms with Crippen molar-refractivity contribution in [3.63, 3.8) is 0 Å². The van der Waals surface area contributed by atoms with Crippen LogP contribution >= 0.6 is 0 Å². The molecule has 14 nitrogen and oxygen atoms in total. The highest BCUT2D eigenvalue weighted by Gasteiger charge is 2.13. The van der Waals surface area contributed by atoms with Gasteiger partial charge in [0.25, 0.3) is 0 Å². The zero-order valence-electron chi connectivity index (χ0n) is 16.0. The third-order valence-corrected chi connectivity index (χ3v) is 4.09. The third kappa shape index (κ3) is 12.9. The van der Waals surface area contributed by atoms with Crippen molar-refractivity contribution >= 4 is 17.5 Å². The van der Waals surface area contributed by atoms with Crippen molar-refractivity contribution in [2.45, 2.75) is 31.8 Å². The lowest BCUT2D eigenvalue weighted by molar-refractivity contribution is 0.114. The van der Waals surface area contributed by atoms with Crippen LogP contribution in [-0.4, -0.2) is 93.6 Å². The van der Waals surface area contributed by atoms with Crippen LogP contribution in [0.1, 0.15) is 25.7 Å². The second-order valence-electron chi connectivity index (χ2n) is 6.23. The Hall–Kier alpha value is -2.39. The molecule has 0 aromatic carbocycles. The minimum absolute atomic E-state index is 0.109. The highest BCUT2D eigenvalue weighted by molar-refractivity contribution is 5.80. The number of nitrogens with zero attached hydrogens (tertiary/aromatic N) is 5. The van der Waals surface area contributed by atoms with Gasteiger partial charge in [0.05, 0.1) is 6.17 Å². The van der Waals surface area contributed by atoms with Crippen molar-refractivity contribution in [2.75, 3.05) is 39.3 Å². The summed E-state index contributed by atoms with van der Waals surface area (Å²) in [5.74, 6) is 0.334. The van der Waals surface area contributed by atoms with Crippen molar-refractivity contribution in [3.05, 3.63) is 0 Å². The molecule has 0 aromatic heterocycles. The zero-order chi connectivity index (χ0) is 21.4. The standard InChI is InChI=1S/C14H34N10O4/c15-11(19-25)1-5-23(6-2-12(16)20-26)9-10-24(7-3-13(17)21-27)8-4-14(18)22-28/h11,19,25-28H,1-10,15H2,(H2,16,20)(H2,17,21)(H2,18,22). The van der Waals surface area contributed by atoms with Crippen molar-refractivity contribution in [1.82, 2.24) is 15.3 Å². The molecular weight excluding hydrogens is 372 g/mol. The van der Waals surface area contributed by atoms with E-state index < -0.39 is 6.17 Å². The molecule has 28 heavy (non-hydrogen) atoms. The smallest absolute Gasteiger partial charge is 0.140 e. The first-order valence-corrected chi connectivity index (χ1v) is 8.85. The predicted molar refractivity (Wildman–Crippen MR) is 104 cm³/mol. The molecule has 0 saturated heterocycles. The minimum Gasteiger partial charge on any atom is -0.409 e. The molecule has 14 heteroatoms. The second kappa shape index (κ2) is 15.6. The molecule has 0 fully saturated rings. The number of hydroxylamine groups is 1. The predicted octanol–water partition coefficient (Wildman–Crippen LogP) is -2.35. The molecular formula is C14H34N10O4. The fourth-order valence-corrected chi connectivity index (χ4v) is 2.31. The van der Waals surface area contributed by atoms with Crippen LogP contribution in [0, 0.1) is 0 Å². The monoisotopic (exact) mass is 406 g/mol. The molecule has 0 aliphatic carbocycles. The van der Waals surface area contributed by atoms with E-state index >= 15 is 0 Å². The van der Waals surface area contributed by atoms with Gasteiger partial charge in [0.15, 0.2) is 0 Å². The lowest BCUT2D eigenvalue weighted by Gasteiger charge is -2.28. The van der Waals surface area contributed by atoms with E-state index in [1.165, 1.54) is 0 Å². The molecule has 0 aliphatic heterocycles. The number of amidine groups is 3. The average Bonchev–Trinajstić information content (AvgIpc) is 2.72. The van der Waals surface area contributed by atoms with Gasteiger partial charge in [0, 0.05) is 58.5 Å². The van der Waals surface area contributed by atoms with Crippen molar-refractivity contribution in [3.8, 4) is 0 Å². The van der Waals surface area contributed by atoms with Gasteiger partial charge in [-0.1, -0.05) is 15.5 Å². The molecule has 0 aliphatic rings. The minimum atomic E-state index is -0.566. The molecule has 13 N–H and O–H groups in total. The molecule has 1 unspecified atom stereocenters. The van der Waals surface area contributed by atoms with E-state index in [9.17, 15) is 0 Å². The topological polar surface area (TPSA) is 241 Å². The van der Waals surface area contributed by atoms with Gasteiger partial charge >= 0.3 is 0 Å². The van der Waals surface area contributed by atoms with Gasteiger partial charge in [0.2, 0.25) is 0 Å². The van der Waals surface area contributed by atoms with Crippen LogP contribution in [0.5, 0.6) is 0 Å². The Bertz CT molecular complexity index is 481. The maximum atomic E-state index is 8.85. The summed E-state index contributed by atoms with van der Waals surface area (Å²) in [6.07, 6.45) is 1.00. The maximum Gasteiger partial charge on any atom is 0.140 e. The summed E-state index contributed by atoms with van der Waals surface area (Å²) in [5.41, 5.74) is 24.3. The fraction of sp³-hybridized carbons (Fsp3) is 0.786. The highest BCUT2D eigenvalue weighted by atomic mass is 16.5. The Balaban J connectivity index is 4.80. The van der Waals surface area contributed by atoms with E-state index in [-0.39, 0.29) is 17.5 Å². The van der Waals surface area contributed by atoms with Gasteiger partial charge in [-0.25, -0.2) is 0 Å². The van der Waals surface area contributed by atoms with Gasteiger partial charge in [-0.2, -0.15) is 5.48 Å². The first-order valence-electron chi connectivity index (χ1n) is 8.85. The van der Waals surface area contributed by atoms with Crippen molar-refractivity contribution in [2.24, 2.45) is 38.4 Å². The van der Waals surface area contributed by atoms with Crippen LogP contribution in [0.15, 0.2) is 15.5 Å². The maximum absolute atomic E-state index is 8.85. The van der Waals surface area contributed by atoms with Gasteiger partial charge in [0.1, 0.15) is 17.5 Å². The number of hydrogen-bond acceptors (Lipinski definition) is 11. The van der Waals surface area contributed by atoms with E-state index in [0.717, 1.165) is 0 Å². The first-order chi connectivity index (χ1) is 13.4. The Kier molecular flexibility index (Phi) is 14.3. The first kappa shape index (κ1) is 25.6. The summed E-state index contributed by atoms with van der Waals surface area (Å²) in [7, 11) is 0. The lowest BCUT2D eigenvalue weighted by Crippen LogP contribution is -2.42. The zero-order valence-corrected chi connectivity index (χ0v) is 16.0. The van der Waals surface area contributed by atoms with Gasteiger partial charge in [-0.05, 0) is 6.42 Å². The van der Waals surface area contributed by atoms with Gasteiger partial charge in [-0.3, -0.25) is 0 Å². The van der Waals surface area contributed by atoms with E-state index in [4.69, 9.17) is 43.8 Å². The summed E-state index contributed by atoms with van der Waals surface area (Å²) in [4.78, 5) is 4.08. The van der Waals surface area contributed by atoms with Crippen LogP contribution in [0.25, 0.3) is 0 Å². The third-order valence-electron chi connectivity index (χ3n) is 4.09. The molecule has 0 radical (unpaired) electrons. The Morgan fingerprint density at radius 3 is 1.39 bits per heavy atom. The van der Waals surface area contributed by atoms with E-state index in [1.807, 2.05) is 10.4 Å². The molecule has 1 atom stereocenters. The molecule has 164 valence electrons. The van der Waals surface area contributed by atoms with E-state index in [1.54, 1.807) is 0 Å². The van der Waals surface area contributed by atoms with Crippen LogP contribution < -0.4 is 28.4 Å². The number of nitrogens with one attached hydrogen (secondary N) is 1. The molecule has 0 spiro atoms. The molecule has 0 bridgehead atoms. The summed E-state index contributed by atoms with van der Waals surface area (Å²) >= 11 is 0. The summed E-state index contributed by atoms with van der Waals surface area (Å²) in [6, 6.07) is 0. The number of oxime groups is 3. The summed E-state index contributed by atoms with van der Waals surface area (Å²) in [5, 5.41) is 43.8. The quantitative estimate of drug-likeness (QED) is 0.0432. The number of nitrogens with two attached hydrogens (primary N) is 4. The summed E-state index contributed by atoms with van der Waals surface area (Å²) in [6.45, 7) is 3.35. The summed E-state index contributed by atoms with van der Waals surface area (Å²) < 4.78 is 0. The molecule has 0 rings (SSSR count). The SMILES string of the molecule is NC(CCN(CCC(N)NO)CCN(CC/C(N)=N/O)CC/C(N)=N\O)=NO. The molecule has 0 saturated carbocycles. The normalized spacial score (nSPS) is 14.8. The molecule has 0 amide bonds. The van der Waals surface area contributed by atoms with Crippen LogP contribution in [0.3, 0.4) is 0 Å². The van der Waals surface area contributed by atoms with Crippen LogP contribution in [0.2, 0.25) is 0 Å². The van der Waals surface area contributed by atoms with Gasteiger partial charge < -0.3 is 53.6 Å². The Morgan fingerprint density at radius 1 is 0.714 bits per heavy atom. The Labute approximate surface area is 164 Å². The van der Waals surface area contributed by atoms with Gasteiger partial charge in [-0.15, -0.1) is 0 Å². The number of rotatable bonds is 16. The van der Waals surface area contributed by atoms with Crippen LogP contribution in [-0.2, 0) is 0 Å². The Morgan fingerprint density at radius 2 is 1.07 bits per heavy atom. The lowest BCUT2D eigenvalue weighted by atomic mass is 10.2. The van der Waals surface area contributed by atoms with E-state index in [0.29, 0.717) is 65.0 Å². The molecule has 0 heterocycles. The fourth-order valence-electron chi connectivity index (χ4n) is 2.31. The van der Waals surface area contributed by atoms with Crippen LogP contribution in [0.4, 0.5) is 0 Å².